The van der Waals surface area contributed by atoms with Gasteiger partial charge in [-0.05, 0) is 25.8 Å². The minimum atomic E-state index is 0.673. The zero-order valence-electron chi connectivity index (χ0n) is 12.6. The van der Waals surface area contributed by atoms with Gasteiger partial charge in [0, 0.05) is 43.5 Å². The lowest BCUT2D eigenvalue weighted by Gasteiger charge is -2.27. The molecule has 1 N–H and O–H groups in total. The topological polar surface area (TPSA) is 41.1 Å². The lowest BCUT2D eigenvalue weighted by molar-refractivity contribution is 0.227. The summed E-state index contributed by atoms with van der Waals surface area (Å²) < 4.78 is 0. The van der Waals surface area contributed by atoms with E-state index in [2.05, 4.69) is 28.2 Å². The lowest BCUT2D eigenvalue weighted by atomic mass is 9.86. The van der Waals surface area contributed by atoms with E-state index in [9.17, 15) is 0 Å². The molecule has 4 heteroatoms. The zero-order valence-corrected chi connectivity index (χ0v) is 12.6. The van der Waals surface area contributed by atoms with E-state index in [0.717, 1.165) is 44.2 Å². The van der Waals surface area contributed by atoms with Gasteiger partial charge in [0.15, 0.2) is 0 Å². The Kier molecular flexibility index (Phi) is 4.63. The molecule has 0 atom stereocenters. The molecule has 0 bridgehead atoms. The number of nitrogens with zero attached hydrogens (tertiary/aromatic N) is 3. The molecule has 4 nitrogen and oxygen atoms in total. The molecule has 0 spiro atoms. The Labute approximate surface area is 122 Å². The zero-order chi connectivity index (χ0) is 13.8. The molecule has 0 aromatic carbocycles. The van der Waals surface area contributed by atoms with E-state index in [1.54, 1.807) is 0 Å². The molecule has 0 unspecified atom stereocenters. The van der Waals surface area contributed by atoms with Crippen molar-refractivity contribution in [3.63, 3.8) is 0 Å². The normalized spacial score (nSPS) is 22.1. The van der Waals surface area contributed by atoms with Gasteiger partial charge in [-0.1, -0.05) is 19.3 Å². The quantitative estimate of drug-likeness (QED) is 0.918. The summed E-state index contributed by atoms with van der Waals surface area (Å²) in [4.78, 5) is 12.0. The van der Waals surface area contributed by atoms with Gasteiger partial charge in [-0.3, -0.25) is 4.90 Å². The Bertz CT molecular complexity index is 434. The van der Waals surface area contributed by atoms with Crippen molar-refractivity contribution < 1.29 is 0 Å². The second kappa shape index (κ2) is 6.64. The second-order valence-corrected chi connectivity index (χ2v) is 6.21. The maximum absolute atomic E-state index is 4.88. The van der Waals surface area contributed by atoms with Crippen LogP contribution in [0.1, 0.15) is 55.2 Å². The maximum Gasteiger partial charge on any atom is 0.142 e. The van der Waals surface area contributed by atoms with Crippen molar-refractivity contribution in [1.29, 1.82) is 0 Å². The smallest absolute Gasteiger partial charge is 0.142 e. The van der Waals surface area contributed by atoms with E-state index in [1.165, 1.54) is 37.8 Å². The molecule has 1 aliphatic carbocycles. The van der Waals surface area contributed by atoms with E-state index in [-0.39, 0.29) is 0 Å². The van der Waals surface area contributed by atoms with Crippen LogP contribution < -0.4 is 5.32 Å². The Morgan fingerprint density at radius 1 is 1.15 bits per heavy atom. The molecule has 110 valence electrons. The van der Waals surface area contributed by atoms with Gasteiger partial charge in [0.1, 0.15) is 5.82 Å². The Morgan fingerprint density at radius 2 is 1.90 bits per heavy atom. The van der Waals surface area contributed by atoms with Gasteiger partial charge in [0.05, 0.1) is 6.54 Å². The van der Waals surface area contributed by atoms with Crippen LogP contribution in [0.4, 0.5) is 0 Å². The van der Waals surface area contributed by atoms with Gasteiger partial charge in [-0.2, -0.15) is 0 Å². The molecule has 1 aliphatic heterocycles. The first-order valence-corrected chi connectivity index (χ1v) is 8.09. The number of hydrogen-bond donors (Lipinski definition) is 1. The number of hydrogen-bond acceptors (Lipinski definition) is 4. The molecule has 1 aromatic rings. The highest BCUT2D eigenvalue weighted by molar-refractivity contribution is 5.15. The third-order valence-corrected chi connectivity index (χ3v) is 4.52. The fourth-order valence-electron chi connectivity index (χ4n) is 3.40. The van der Waals surface area contributed by atoms with E-state index < -0.39 is 0 Å². The molecule has 2 fully saturated rings. The first-order chi connectivity index (χ1) is 9.81. The standard InChI is InChI=1S/C16H26N4/c1-13-11-15(14-5-3-2-4-6-14)19-16(18-13)12-20-9-7-17-8-10-20/h11,14,17H,2-10,12H2,1H3. The molecule has 0 radical (unpaired) electrons. The van der Waals surface area contributed by atoms with E-state index in [4.69, 9.17) is 4.98 Å². The van der Waals surface area contributed by atoms with Crippen LogP contribution in [-0.2, 0) is 6.54 Å². The van der Waals surface area contributed by atoms with Crippen LogP contribution in [0.5, 0.6) is 0 Å². The predicted molar refractivity (Wildman–Crippen MR) is 80.7 cm³/mol. The van der Waals surface area contributed by atoms with Gasteiger partial charge in [-0.15, -0.1) is 0 Å². The van der Waals surface area contributed by atoms with Crippen molar-refractivity contribution in [1.82, 2.24) is 20.2 Å². The van der Waals surface area contributed by atoms with Gasteiger partial charge < -0.3 is 5.32 Å². The van der Waals surface area contributed by atoms with Crippen LogP contribution in [0.3, 0.4) is 0 Å². The average molecular weight is 274 g/mol. The molecule has 2 heterocycles. The van der Waals surface area contributed by atoms with Crippen molar-refractivity contribution >= 4 is 0 Å². The summed E-state index contributed by atoms with van der Waals surface area (Å²) in [6.45, 7) is 7.40. The monoisotopic (exact) mass is 274 g/mol. The summed E-state index contributed by atoms with van der Waals surface area (Å²) in [5.74, 6) is 1.69. The number of aryl methyl sites for hydroxylation is 1. The summed E-state index contributed by atoms with van der Waals surface area (Å²) >= 11 is 0. The van der Waals surface area contributed by atoms with Crippen molar-refractivity contribution in [2.75, 3.05) is 26.2 Å². The Balaban J connectivity index is 1.71. The molecule has 0 amide bonds. The highest BCUT2D eigenvalue weighted by atomic mass is 15.2. The third-order valence-electron chi connectivity index (χ3n) is 4.52. The maximum atomic E-state index is 4.88. The second-order valence-electron chi connectivity index (χ2n) is 6.21. The van der Waals surface area contributed by atoms with Gasteiger partial charge in [0.25, 0.3) is 0 Å². The summed E-state index contributed by atoms with van der Waals surface area (Å²) in [7, 11) is 0. The first kappa shape index (κ1) is 14.0. The van der Waals surface area contributed by atoms with Gasteiger partial charge in [-0.25, -0.2) is 9.97 Å². The molecule has 20 heavy (non-hydrogen) atoms. The van der Waals surface area contributed by atoms with Crippen LogP contribution in [0.25, 0.3) is 0 Å². The minimum Gasteiger partial charge on any atom is -0.314 e. The molecule has 1 saturated carbocycles. The average Bonchev–Trinajstić information content (AvgIpc) is 2.49. The van der Waals surface area contributed by atoms with Gasteiger partial charge in [0.2, 0.25) is 0 Å². The van der Waals surface area contributed by atoms with Crippen LogP contribution in [0.2, 0.25) is 0 Å². The number of nitrogens with one attached hydrogen (secondary N) is 1. The fourth-order valence-corrected chi connectivity index (χ4v) is 3.40. The molecular formula is C16H26N4. The van der Waals surface area contributed by atoms with Crippen molar-refractivity contribution in [2.45, 2.75) is 51.5 Å². The van der Waals surface area contributed by atoms with Crippen LogP contribution in [0.15, 0.2) is 6.07 Å². The molecule has 1 saturated heterocycles. The summed E-state index contributed by atoms with van der Waals surface area (Å²) in [5.41, 5.74) is 2.42. The van der Waals surface area contributed by atoms with Crippen molar-refractivity contribution in [2.24, 2.45) is 0 Å². The van der Waals surface area contributed by atoms with E-state index in [1.807, 2.05) is 0 Å². The third kappa shape index (κ3) is 3.55. The van der Waals surface area contributed by atoms with E-state index in [0.29, 0.717) is 5.92 Å². The van der Waals surface area contributed by atoms with Crippen LogP contribution >= 0.6 is 0 Å². The number of rotatable bonds is 3. The summed E-state index contributed by atoms with van der Waals surface area (Å²) in [6.07, 6.45) is 6.74. The summed E-state index contributed by atoms with van der Waals surface area (Å²) in [6, 6.07) is 2.21. The Hall–Kier alpha value is -1.00. The molecule has 2 aliphatic rings. The van der Waals surface area contributed by atoms with Crippen molar-refractivity contribution in [3.8, 4) is 0 Å². The number of piperazine rings is 1. The Morgan fingerprint density at radius 3 is 2.65 bits per heavy atom. The molecular weight excluding hydrogens is 248 g/mol. The van der Waals surface area contributed by atoms with Gasteiger partial charge >= 0.3 is 0 Å². The largest absolute Gasteiger partial charge is 0.314 e. The van der Waals surface area contributed by atoms with Crippen molar-refractivity contribution in [3.05, 3.63) is 23.3 Å². The lowest BCUT2D eigenvalue weighted by Crippen LogP contribution is -2.43. The fraction of sp³-hybridized carbons (Fsp3) is 0.750. The summed E-state index contributed by atoms with van der Waals surface area (Å²) in [5, 5.41) is 3.39. The SMILES string of the molecule is Cc1cc(C2CCCCC2)nc(CN2CCNCC2)n1. The minimum absolute atomic E-state index is 0.673. The van der Waals surface area contributed by atoms with Crippen LogP contribution in [-0.4, -0.2) is 41.0 Å². The number of aromatic nitrogens is 2. The van der Waals surface area contributed by atoms with E-state index >= 15 is 0 Å². The predicted octanol–water partition coefficient (Wildman–Crippen LogP) is 2.24. The highest BCUT2D eigenvalue weighted by Gasteiger charge is 2.19. The first-order valence-electron chi connectivity index (χ1n) is 8.09. The van der Waals surface area contributed by atoms with Crippen LogP contribution in [0, 0.1) is 6.92 Å². The highest BCUT2D eigenvalue weighted by Crippen LogP contribution is 2.31. The molecule has 1 aromatic heterocycles. The molecule has 3 rings (SSSR count).